The van der Waals surface area contributed by atoms with Crippen LogP contribution in [-0.2, 0) is 31.6 Å². The third kappa shape index (κ3) is 4.51. The van der Waals surface area contributed by atoms with Crippen LogP contribution in [0.4, 0.5) is 5.69 Å². The lowest BCUT2D eigenvalue weighted by Gasteiger charge is -2.62. The molecule has 1 unspecified atom stereocenters. The number of hydrogen-bond acceptors (Lipinski definition) is 10. The molecule has 6 heterocycles. The quantitative estimate of drug-likeness (QED) is 0.186. The monoisotopic (exact) mass is 754 g/mol. The van der Waals surface area contributed by atoms with E-state index in [1.54, 1.807) is 14.2 Å². The Bertz CT molecular complexity index is 2120. The van der Waals surface area contributed by atoms with Crippen molar-refractivity contribution >= 4 is 28.5 Å². The van der Waals surface area contributed by atoms with Crippen molar-refractivity contribution < 1.29 is 39.5 Å². The number of aromatic nitrogens is 1. The van der Waals surface area contributed by atoms with Crippen LogP contribution in [0.5, 0.6) is 5.75 Å². The first-order valence-electron chi connectivity index (χ1n) is 19.9. The number of carboxylic acids is 1. The minimum atomic E-state index is -2.52. The number of H-pyrrole nitrogens is 1. The Labute approximate surface area is 321 Å². The van der Waals surface area contributed by atoms with Crippen LogP contribution < -0.4 is 9.64 Å². The SMILES string of the molecule is CC[C@]1(O)C[C@H]2CN(CCc3c([nH]c4ccccc34)[C@@](C(=O)OC)(c3cc4c(cc3OC)N(C)[C@H]3[C@@](O)(C(=O)O)[C@H](O)[C@]5(CC)C=CCN6CC[C@]43[C@@H]65)C2)C1. The molecule has 1 spiro atoms. The minimum Gasteiger partial charge on any atom is -0.496 e. The number of ether oxygens (including phenoxy) is 2. The van der Waals surface area contributed by atoms with Crippen molar-refractivity contribution in [2.45, 2.75) is 92.6 Å². The van der Waals surface area contributed by atoms with Gasteiger partial charge in [0.15, 0.2) is 0 Å². The van der Waals surface area contributed by atoms with Crippen molar-refractivity contribution in [3.8, 4) is 5.75 Å². The number of nitrogens with zero attached hydrogens (tertiary/aromatic N) is 3. The van der Waals surface area contributed by atoms with E-state index >= 15 is 4.79 Å². The molecule has 12 heteroatoms. The average Bonchev–Trinajstić information content (AvgIpc) is 3.84. The van der Waals surface area contributed by atoms with E-state index in [1.165, 1.54) is 7.11 Å². The normalized spacial score (nSPS) is 39.0. The van der Waals surface area contributed by atoms with Gasteiger partial charge in [-0.05, 0) is 74.2 Å². The van der Waals surface area contributed by atoms with Gasteiger partial charge in [0, 0.05) is 84.0 Å². The molecule has 2 aromatic carbocycles. The summed E-state index contributed by atoms with van der Waals surface area (Å²) in [5, 5.41) is 48.7. The molecule has 1 aliphatic carbocycles. The van der Waals surface area contributed by atoms with E-state index in [4.69, 9.17) is 9.47 Å². The number of rotatable bonds is 6. The number of aliphatic carboxylic acids is 1. The second kappa shape index (κ2) is 12.3. The predicted molar refractivity (Wildman–Crippen MR) is 207 cm³/mol. The third-order valence-electron chi connectivity index (χ3n) is 15.2. The fraction of sp³-hybridized carbons (Fsp3) is 0.581. The van der Waals surface area contributed by atoms with Gasteiger partial charge in [0.05, 0.1) is 25.9 Å². The van der Waals surface area contributed by atoms with E-state index < -0.39 is 51.5 Å². The van der Waals surface area contributed by atoms with Crippen LogP contribution in [0, 0.1) is 11.3 Å². The molecule has 1 aromatic heterocycles. The zero-order chi connectivity index (χ0) is 38.9. The van der Waals surface area contributed by atoms with Gasteiger partial charge in [0.25, 0.3) is 0 Å². The Kier molecular flexibility index (Phi) is 8.19. The highest BCUT2D eigenvalue weighted by atomic mass is 16.5. The summed E-state index contributed by atoms with van der Waals surface area (Å²) in [5.74, 6) is -1.57. The van der Waals surface area contributed by atoms with Gasteiger partial charge in [0.2, 0.25) is 5.60 Å². The first-order chi connectivity index (χ1) is 26.3. The van der Waals surface area contributed by atoms with E-state index in [9.17, 15) is 25.2 Å². The average molecular weight is 755 g/mol. The largest absolute Gasteiger partial charge is 0.496 e. The summed E-state index contributed by atoms with van der Waals surface area (Å²) in [7, 11) is 4.80. The molecule has 2 bridgehead atoms. The van der Waals surface area contributed by atoms with Crippen molar-refractivity contribution in [1.29, 1.82) is 0 Å². The number of aliphatic hydroxyl groups excluding tert-OH is 1. The van der Waals surface area contributed by atoms with Gasteiger partial charge >= 0.3 is 11.9 Å². The Hall–Kier alpha value is -3.94. The molecule has 294 valence electrons. The number of benzene rings is 2. The van der Waals surface area contributed by atoms with E-state index in [0.717, 1.165) is 27.7 Å². The molecule has 55 heavy (non-hydrogen) atoms. The van der Waals surface area contributed by atoms with Crippen LogP contribution >= 0.6 is 0 Å². The van der Waals surface area contributed by atoms with Crippen molar-refractivity contribution in [2.75, 3.05) is 58.9 Å². The highest BCUT2D eigenvalue weighted by Gasteiger charge is 2.79. The number of esters is 1. The summed E-state index contributed by atoms with van der Waals surface area (Å²) in [6.07, 6.45) is 5.39. The zero-order valence-corrected chi connectivity index (χ0v) is 32.5. The Morgan fingerprint density at radius 1 is 1.02 bits per heavy atom. The maximum atomic E-state index is 15.2. The predicted octanol–water partition coefficient (Wildman–Crippen LogP) is 3.33. The number of methoxy groups -OCH3 is 2. The molecule has 0 amide bonds. The smallest absolute Gasteiger partial charge is 0.340 e. The van der Waals surface area contributed by atoms with E-state index in [0.29, 0.717) is 88.2 Å². The fourth-order valence-electron chi connectivity index (χ4n) is 13.0. The third-order valence-corrected chi connectivity index (χ3v) is 15.2. The molecule has 1 saturated carbocycles. The molecule has 5 N–H and O–H groups in total. The number of hydrogen-bond donors (Lipinski definition) is 5. The zero-order valence-electron chi connectivity index (χ0n) is 32.5. The van der Waals surface area contributed by atoms with Gasteiger partial charge in [-0.25, -0.2) is 4.79 Å². The number of carbonyl (C=O) groups is 2. The van der Waals surface area contributed by atoms with Crippen LogP contribution in [0.2, 0.25) is 0 Å². The van der Waals surface area contributed by atoms with Crippen molar-refractivity contribution in [3.63, 3.8) is 0 Å². The molecule has 5 aliphatic heterocycles. The van der Waals surface area contributed by atoms with Crippen LogP contribution in [-0.4, -0.2) is 131 Å². The minimum absolute atomic E-state index is 0.0955. The standard InChI is InChI=1S/C43H54N4O8/c1-6-39(52)21-25-22-42(38(51)55-5,33-27(13-17-46(23-25)24-39)26-11-8-9-12-30(26)44-33)29-19-28-31(20-32(29)54-4)45(3)35-41(28)15-18-47-16-10-14-40(7-2,34(41)47)36(48)43(35,53)37(49)50/h8-12,14,19-20,25,34-36,44,48,52-53H,6-7,13,15-18,21-24H2,1-5H3,(H,49,50)/t25-,34+,35-,36-,39+,40-,41-,42+,43+/m1/s1. The maximum absolute atomic E-state index is 15.2. The number of para-hydroxylation sites is 1. The molecule has 9 rings (SSSR count). The Balaban J connectivity index is 1.36. The molecule has 6 aliphatic rings. The van der Waals surface area contributed by atoms with Crippen LogP contribution in [0.3, 0.4) is 0 Å². The molecule has 2 saturated heterocycles. The van der Waals surface area contributed by atoms with Crippen LogP contribution in [0.15, 0.2) is 48.6 Å². The molecule has 3 aromatic rings. The summed E-state index contributed by atoms with van der Waals surface area (Å²) >= 11 is 0. The first kappa shape index (κ1) is 36.7. The lowest BCUT2D eigenvalue weighted by atomic mass is 9.47. The van der Waals surface area contributed by atoms with E-state index in [2.05, 4.69) is 26.9 Å². The summed E-state index contributed by atoms with van der Waals surface area (Å²) in [6, 6.07) is 10.7. The summed E-state index contributed by atoms with van der Waals surface area (Å²) in [4.78, 5) is 38.9. The van der Waals surface area contributed by atoms with Gasteiger partial charge < -0.3 is 39.8 Å². The van der Waals surface area contributed by atoms with Gasteiger partial charge in [-0.3, -0.25) is 14.6 Å². The first-order valence-corrected chi connectivity index (χ1v) is 19.9. The second-order valence-electron chi connectivity index (χ2n) is 17.4. The topological polar surface area (TPSA) is 159 Å². The molecule has 12 nitrogen and oxygen atoms in total. The highest BCUT2D eigenvalue weighted by Crippen LogP contribution is 2.67. The van der Waals surface area contributed by atoms with E-state index in [1.807, 2.05) is 55.2 Å². The number of piperidine rings is 1. The maximum Gasteiger partial charge on any atom is 0.340 e. The van der Waals surface area contributed by atoms with Gasteiger partial charge in [0.1, 0.15) is 17.3 Å². The van der Waals surface area contributed by atoms with Crippen LogP contribution in [0.1, 0.15) is 68.3 Å². The number of carboxylic acid groups (broad SMARTS) is 1. The van der Waals surface area contributed by atoms with Crippen molar-refractivity contribution in [2.24, 2.45) is 11.3 Å². The number of fused-ring (bicyclic) bond motifs is 6. The number of aromatic amines is 1. The number of nitrogens with one attached hydrogen (secondary N) is 1. The number of likely N-dealkylation sites (N-methyl/N-ethyl adjacent to an activating group) is 1. The summed E-state index contributed by atoms with van der Waals surface area (Å²) < 4.78 is 12.2. The number of carbonyl (C=O) groups excluding carboxylic acids is 1. The Morgan fingerprint density at radius 3 is 2.51 bits per heavy atom. The molecular weight excluding hydrogens is 700 g/mol. The van der Waals surface area contributed by atoms with Crippen molar-refractivity contribution in [1.82, 2.24) is 14.8 Å². The fourth-order valence-corrected chi connectivity index (χ4v) is 13.0. The Morgan fingerprint density at radius 2 is 1.80 bits per heavy atom. The van der Waals surface area contributed by atoms with Gasteiger partial charge in [-0.15, -0.1) is 0 Å². The summed E-state index contributed by atoms with van der Waals surface area (Å²) in [6.45, 7) is 7.23. The molecular formula is C43H54N4O8. The van der Waals surface area contributed by atoms with Gasteiger partial charge in [-0.2, -0.15) is 0 Å². The highest BCUT2D eigenvalue weighted by molar-refractivity contribution is 5.94. The lowest BCUT2D eigenvalue weighted by Crippen LogP contribution is -2.80. The van der Waals surface area contributed by atoms with Crippen LogP contribution in [0.25, 0.3) is 10.9 Å². The van der Waals surface area contributed by atoms with Crippen molar-refractivity contribution in [3.05, 3.63) is 70.9 Å². The number of anilines is 1. The van der Waals surface area contributed by atoms with Gasteiger partial charge in [-0.1, -0.05) is 44.2 Å². The second-order valence-corrected chi connectivity index (χ2v) is 17.4. The summed E-state index contributed by atoms with van der Waals surface area (Å²) in [5.41, 5.74) is -2.07. The van der Waals surface area contributed by atoms with E-state index in [-0.39, 0.29) is 12.0 Å². The molecule has 0 radical (unpaired) electrons. The molecule has 10 atom stereocenters. The number of aliphatic hydroxyl groups is 3. The lowest BCUT2D eigenvalue weighted by molar-refractivity contribution is -0.215. The molecule has 3 fully saturated rings.